The maximum atomic E-state index is 12.7. The van der Waals surface area contributed by atoms with Gasteiger partial charge in [0.1, 0.15) is 0 Å². The summed E-state index contributed by atoms with van der Waals surface area (Å²) in [5.74, 6) is 1.66. The Bertz CT molecular complexity index is 699. The van der Waals surface area contributed by atoms with E-state index in [-0.39, 0.29) is 18.2 Å². The first-order chi connectivity index (χ1) is 14.1. The number of fused-ring (bicyclic) bond motifs is 1. The van der Waals surface area contributed by atoms with Crippen LogP contribution in [0.25, 0.3) is 0 Å². The number of nitrogens with zero attached hydrogens (tertiary/aromatic N) is 2. The molecule has 2 fully saturated rings. The van der Waals surface area contributed by atoms with Gasteiger partial charge in [-0.2, -0.15) is 0 Å². The van der Waals surface area contributed by atoms with E-state index in [0.717, 1.165) is 49.9 Å². The highest BCUT2D eigenvalue weighted by molar-refractivity contribution is 5.78. The lowest BCUT2D eigenvalue weighted by molar-refractivity contribution is -0.123. The van der Waals surface area contributed by atoms with E-state index in [2.05, 4.69) is 10.2 Å². The van der Waals surface area contributed by atoms with Crippen molar-refractivity contribution in [1.29, 1.82) is 0 Å². The Morgan fingerprint density at radius 2 is 1.90 bits per heavy atom. The molecule has 1 N–H and O–H groups in total. The van der Waals surface area contributed by atoms with Gasteiger partial charge < -0.3 is 19.5 Å². The van der Waals surface area contributed by atoms with Gasteiger partial charge in [0, 0.05) is 31.7 Å². The zero-order chi connectivity index (χ0) is 20.1. The van der Waals surface area contributed by atoms with Crippen LogP contribution in [-0.2, 0) is 16.1 Å². The maximum absolute atomic E-state index is 12.7. The average Bonchev–Trinajstić information content (AvgIpc) is 3.21. The van der Waals surface area contributed by atoms with Gasteiger partial charge in [0.2, 0.25) is 12.7 Å². The lowest BCUT2D eigenvalue weighted by Crippen LogP contribution is -2.60. The van der Waals surface area contributed by atoms with Crippen molar-refractivity contribution in [2.45, 2.75) is 44.2 Å². The van der Waals surface area contributed by atoms with Crippen molar-refractivity contribution in [2.75, 3.05) is 53.2 Å². The van der Waals surface area contributed by atoms with Gasteiger partial charge in [0.05, 0.1) is 19.8 Å². The van der Waals surface area contributed by atoms with Crippen LogP contribution in [0.2, 0.25) is 0 Å². The minimum Gasteiger partial charge on any atom is -0.454 e. The number of carbonyl (C=O) groups excluding carboxylic acids is 1. The number of hydrogen-bond donors (Lipinski definition) is 1. The van der Waals surface area contributed by atoms with E-state index >= 15 is 0 Å². The van der Waals surface area contributed by atoms with Crippen molar-refractivity contribution in [3.05, 3.63) is 23.8 Å². The summed E-state index contributed by atoms with van der Waals surface area (Å²) in [6.45, 7) is 5.64. The van der Waals surface area contributed by atoms with Crippen molar-refractivity contribution < 1.29 is 19.0 Å². The third-order valence-corrected chi connectivity index (χ3v) is 6.38. The molecule has 4 rings (SSSR count). The molecule has 1 aliphatic carbocycles. The first kappa shape index (κ1) is 20.4. The summed E-state index contributed by atoms with van der Waals surface area (Å²) in [7, 11) is 1.97. The number of ether oxygens (including phenoxy) is 3. The molecule has 29 heavy (non-hydrogen) atoms. The van der Waals surface area contributed by atoms with Gasteiger partial charge >= 0.3 is 0 Å². The van der Waals surface area contributed by atoms with Crippen LogP contribution in [-0.4, -0.2) is 74.5 Å². The molecule has 160 valence electrons. The molecule has 2 aliphatic heterocycles. The van der Waals surface area contributed by atoms with Crippen molar-refractivity contribution in [1.82, 2.24) is 15.1 Å². The minimum absolute atomic E-state index is 0.0893. The van der Waals surface area contributed by atoms with Gasteiger partial charge in [-0.3, -0.25) is 14.6 Å². The fourth-order valence-electron chi connectivity index (χ4n) is 4.82. The second-order valence-electron chi connectivity index (χ2n) is 8.52. The fraction of sp³-hybridized carbons (Fsp3) is 0.682. The number of likely N-dealkylation sites (N-methyl/N-ethyl adjacent to an activating group) is 1. The van der Waals surface area contributed by atoms with Crippen LogP contribution >= 0.6 is 0 Å². The molecule has 1 saturated carbocycles. The number of hydrogen-bond acceptors (Lipinski definition) is 6. The van der Waals surface area contributed by atoms with E-state index in [4.69, 9.17) is 14.2 Å². The van der Waals surface area contributed by atoms with E-state index in [1.165, 1.54) is 32.1 Å². The SMILES string of the molecule is CN(CC(=O)NCC1(N2CCOCC2)CCCCC1)Cc1ccc2c(c1)OCO2. The number of nitrogens with one attached hydrogen (secondary N) is 1. The Labute approximate surface area is 173 Å². The van der Waals surface area contributed by atoms with E-state index < -0.39 is 0 Å². The first-order valence-electron chi connectivity index (χ1n) is 10.8. The normalized spacial score (nSPS) is 21.3. The predicted octanol–water partition coefficient (Wildman–Crippen LogP) is 2.00. The van der Waals surface area contributed by atoms with E-state index in [1.807, 2.05) is 30.1 Å². The van der Waals surface area contributed by atoms with Gasteiger partial charge in [0.15, 0.2) is 11.5 Å². The Morgan fingerprint density at radius 3 is 2.69 bits per heavy atom. The van der Waals surface area contributed by atoms with Crippen LogP contribution in [0.4, 0.5) is 0 Å². The lowest BCUT2D eigenvalue weighted by Gasteiger charge is -2.48. The summed E-state index contributed by atoms with van der Waals surface area (Å²) in [6, 6.07) is 5.95. The molecule has 7 nitrogen and oxygen atoms in total. The van der Waals surface area contributed by atoms with Gasteiger partial charge in [-0.1, -0.05) is 25.3 Å². The smallest absolute Gasteiger partial charge is 0.234 e. The quantitative estimate of drug-likeness (QED) is 0.751. The molecule has 1 aromatic carbocycles. The maximum Gasteiger partial charge on any atom is 0.234 e. The monoisotopic (exact) mass is 403 g/mol. The summed E-state index contributed by atoms with van der Waals surface area (Å²) in [5, 5.41) is 3.24. The van der Waals surface area contributed by atoms with Gasteiger partial charge in [0.25, 0.3) is 0 Å². The molecule has 0 unspecified atom stereocenters. The third-order valence-electron chi connectivity index (χ3n) is 6.38. The fourth-order valence-corrected chi connectivity index (χ4v) is 4.82. The lowest BCUT2D eigenvalue weighted by atomic mass is 9.79. The summed E-state index contributed by atoms with van der Waals surface area (Å²) in [5.41, 5.74) is 1.22. The van der Waals surface area contributed by atoms with Crippen LogP contribution in [0.1, 0.15) is 37.7 Å². The number of amides is 1. The predicted molar refractivity (Wildman–Crippen MR) is 110 cm³/mol. The second kappa shape index (κ2) is 9.32. The highest BCUT2D eigenvalue weighted by Crippen LogP contribution is 2.34. The minimum atomic E-state index is 0.0893. The van der Waals surface area contributed by atoms with Crippen LogP contribution in [0, 0.1) is 0 Å². The van der Waals surface area contributed by atoms with Crippen LogP contribution in [0.3, 0.4) is 0 Å². The molecule has 0 atom stereocenters. The standard InChI is InChI=1S/C22H33N3O4/c1-24(14-18-5-6-19-20(13-18)29-17-28-19)15-21(26)23-16-22(7-3-2-4-8-22)25-9-11-27-12-10-25/h5-6,13H,2-4,7-12,14-17H2,1H3,(H,23,26). The number of morpholine rings is 1. The number of benzene rings is 1. The second-order valence-corrected chi connectivity index (χ2v) is 8.52. The Kier molecular flexibility index (Phi) is 6.57. The van der Waals surface area contributed by atoms with Gasteiger partial charge in [-0.05, 0) is 37.6 Å². The Morgan fingerprint density at radius 1 is 1.14 bits per heavy atom. The Hall–Kier alpha value is -1.83. The first-order valence-corrected chi connectivity index (χ1v) is 10.8. The van der Waals surface area contributed by atoms with Crippen LogP contribution < -0.4 is 14.8 Å². The Balaban J connectivity index is 1.28. The summed E-state index contributed by atoms with van der Waals surface area (Å²) < 4.78 is 16.3. The molecule has 1 aromatic rings. The van der Waals surface area contributed by atoms with Crippen LogP contribution in [0.15, 0.2) is 18.2 Å². The van der Waals surface area contributed by atoms with E-state index in [1.54, 1.807) is 0 Å². The third kappa shape index (κ3) is 5.02. The van der Waals surface area contributed by atoms with E-state index in [9.17, 15) is 4.79 Å². The van der Waals surface area contributed by atoms with E-state index in [0.29, 0.717) is 13.1 Å². The van der Waals surface area contributed by atoms with Crippen LogP contribution in [0.5, 0.6) is 11.5 Å². The molecule has 0 radical (unpaired) electrons. The molecule has 0 spiro atoms. The topological polar surface area (TPSA) is 63.3 Å². The molecular formula is C22H33N3O4. The molecule has 0 bridgehead atoms. The molecular weight excluding hydrogens is 370 g/mol. The molecule has 7 heteroatoms. The van der Waals surface area contributed by atoms with Crippen molar-refractivity contribution in [3.8, 4) is 11.5 Å². The van der Waals surface area contributed by atoms with Crippen molar-refractivity contribution >= 4 is 5.91 Å². The molecule has 1 amide bonds. The highest BCUT2D eigenvalue weighted by Gasteiger charge is 2.38. The highest BCUT2D eigenvalue weighted by atomic mass is 16.7. The molecule has 2 heterocycles. The zero-order valence-electron chi connectivity index (χ0n) is 17.5. The summed E-state index contributed by atoms with van der Waals surface area (Å²) >= 11 is 0. The van der Waals surface area contributed by atoms with Crippen molar-refractivity contribution in [3.63, 3.8) is 0 Å². The zero-order valence-corrected chi connectivity index (χ0v) is 17.5. The van der Waals surface area contributed by atoms with Gasteiger partial charge in [-0.25, -0.2) is 0 Å². The average molecular weight is 404 g/mol. The largest absolute Gasteiger partial charge is 0.454 e. The number of rotatable bonds is 7. The number of carbonyl (C=O) groups is 1. The summed E-state index contributed by atoms with van der Waals surface area (Å²) in [6.07, 6.45) is 6.13. The molecule has 0 aromatic heterocycles. The summed E-state index contributed by atoms with van der Waals surface area (Å²) in [4.78, 5) is 17.3. The van der Waals surface area contributed by atoms with Gasteiger partial charge in [-0.15, -0.1) is 0 Å². The van der Waals surface area contributed by atoms with Crippen molar-refractivity contribution in [2.24, 2.45) is 0 Å². The molecule has 3 aliphatic rings. The molecule has 1 saturated heterocycles.